The van der Waals surface area contributed by atoms with Crippen LogP contribution >= 0.6 is 0 Å². The number of nitrogens with two attached hydrogens (primary N) is 1. The fourth-order valence-electron chi connectivity index (χ4n) is 2.52. The fraction of sp³-hybridized carbons (Fsp3) is 0.538. The summed E-state index contributed by atoms with van der Waals surface area (Å²) in [6, 6.07) is 5.02. The quantitative estimate of drug-likeness (QED) is 0.505. The minimum atomic E-state index is -0.442. The van der Waals surface area contributed by atoms with Gasteiger partial charge >= 0.3 is 0 Å². The summed E-state index contributed by atoms with van der Waals surface area (Å²) in [7, 11) is 0. The van der Waals surface area contributed by atoms with Gasteiger partial charge in [0.1, 0.15) is 5.69 Å². The summed E-state index contributed by atoms with van der Waals surface area (Å²) in [5, 5.41) is 10.7. The summed E-state index contributed by atoms with van der Waals surface area (Å²) in [5.74, 6) is 0.792. The Balaban J connectivity index is 2.02. The molecule has 1 atom stereocenters. The van der Waals surface area contributed by atoms with Gasteiger partial charge in [-0.15, -0.1) is 0 Å². The zero-order chi connectivity index (χ0) is 13.1. The highest BCUT2D eigenvalue weighted by Gasteiger charge is 2.21. The smallest absolute Gasteiger partial charge is 0.292 e. The van der Waals surface area contributed by atoms with Crippen molar-refractivity contribution < 1.29 is 4.92 Å². The summed E-state index contributed by atoms with van der Waals surface area (Å²) in [4.78, 5) is 12.6. The summed E-state index contributed by atoms with van der Waals surface area (Å²) >= 11 is 0. The van der Waals surface area contributed by atoms with Gasteiger partial charge in [0.05, 0.1) is 4.92 Å². The van der Waals surface area contributed by atoms with Crippen molar-refractivity contribution >= 4 is 11.4 Å². The van der Waals surface area contributed by atoms with Crippen molar-refractivity contribution in [3.8, 4) is 0 Å². The molecule has 1 unspecified atom stereocenters. The van der Waals surface area contributed by atoms with Crippen LogP contribution in [0.5, 0.6) is 0 Å². The molecular formula is C13H19N3O2. The Kier molecular flexibility index (Phi) is 3.81. The number of hydrogen-bond acceptors (Lipinski definition) is 4. The topological polar surface area (TPSA) is 72.4 Å². The van der Waals surface area contributed by atoms with Gasteiger partial charge < -0.3 is 5.73 Å². The molecule has 0 aliphatic carbocycles. The number of nitrogens with zero attached hydrogens (tertiary/aromatic N) is 2. The van der Waals surface area contributed by atoms with Crippen molar-refractivity contribution in [3.05, 3.63) is 33.9 Å². The Labute approximate surface area is 107 Å². The molecule has 0 spiro atoms. The van der Waals surface area contributed by atoms with E-state index < -0.39 is 4.92 Å². The van der Waals surface area contributed by atoms with Crippen LogP contribution in [0.15, 0.2) is 18.2 Å². The van der Waals surface area contributed by atoms with Gasteiger partial charge in [-0.05, 0) is 30.5 Å². The summed E-state index contributed by atoms with van der Waals surface area (Å²) in [5.41, 5.74) is 6.99. The van der Waals surface area contributed by atoms with Crippen LogP contribution < -0.4 is 5.73 Å². The molecule has 2 N–H and O–H groups in total. The molecule has 1 fully saturated rings. The monoisotopic (exact) mass is 249 g/mol. The lowest BCUT2D eigenvalue weighted by atomic mass is 10.1. The highest BCUT2D eigenvalue weighted by atomic mass is 16.6. The first-order chi connectivity index (χ1) is 8.60. The second-order valence-corrected chi connectivity index (χ2v) is 4.95. The molecule has 2 rings (SSSR count). The van der Waals surface area contributed by atoms with Crippen LogP contribution in [0.2, 0.25) is 0 Å². The Bertz CT molecular complexity index is 448. The van der Waals surface area contributed by atoms with E-state index in [0.717, 1.165) is 31.1 Å². The van der Waals surface area contributed by atoms with Gasteiger partial charge in [0, 0.05) is 19.2 Å². The number of rotatable bonds is 4. The van der Waals surface area contributed by atoms with Gasteiger partial charge in [0.15, 0.2) is 0 Å². The Hall–Kier alpha value is -1.62. The Morgan fingerprint density at radius 3 is 2.89 bits per heavy atom. The molecule has 1 aromatic rings. The first kappa shape index (κ1) is 12.8. The number of nitro groups is 1. The van der Waals surface area contributed by atoms with Crippen molar-refractivity contribution in [2.24, 2.45) is 5.92 Å². The molecule has 0 aromatic heterocycles. The number of likely N-dealkylation sites (tertiary alicyclic amines) is 1. The zero-order valence-corrected chi connectivity index (χ0v) is 10.6. The van der Waals surface area contributed by atoms with Gasteiger partial charge in [-0.1, -0.05) is 19.4 Å². The van der Waals surface area contributed by atoms with Crippen molar-refractivity contribution in [3.63, 3.8) is 0 Å². The molecule has 0 saturated carbocycles. The largest absolute Gasteiger partial charge is 0.393 e. The number of hydrogen-bond donors (Lipinski definition) is 1. The molecule has 0 amide bonds. The predicted molar refractivity (Wildman–Crippen MR) is 71.2 cm³/mol. The van der Waals surface area contributed by atoms with Crippen LogP contribution in [-0.2, 0) is 6.54 Å². The SMILES string of the molecule is CCC1CCN(Cc2ccc([N+](=O)[O-])c(N)c2)C1. The maximum Gasteiger partial charge on any atom is 0.292 e. The molecular weight excluding hydrogens is 230 g/mol. The maximum atomic E-state index is 10.7. The number of nitrogen functional groups attached to an aromatic ring is 1. The van der Waals surface area contributed by atoms with Gasteiger partial charge in [-0.25, -0.2) is 0 Å². The van der Waals surface area contributed by atoms with Crippen molar-refractivity contribution in [2.45, 2.75) is 26.3 Å². The van der Waals surface area contributed by atoms with Crippen LogP contribution in [0.4, 0.5) is 11.4 Å². The van der Waals surface area contributed by atoms with E-state index in [4.69, 9.17) is 5.73 Å². The molecule has 0 bridgehead atoms. The van der Waals surface area contributed by atoms with Crippen molar-refractivity contribution in [2.75, 3.05) is 18.8 Å². The first-order valence-corrected chi connectivity index (χ1v) is 6.35. The predicted octanol–water partition coefficient (Wildman–Crippen LogP) is 2.41. The summed E-state index contributed by atoms with van der Waals surface area (Å²) in [6.07, 6.45) is 2.47. The molecule has 5 heteroatoms. The van der Waals surface area contributed by atoms with E-state index in [9.17, 15) is 10.1 Å². The summed E-state index contributed by atoms with van der Waals surface area (Å²) in [6.45, 7) is 5.28. The summed E-state index contributed by atoms with van der Waals surface area (Å²) < 4.78 is 0. The zero-order valence-electron chi connectivity index (χ0n) is 10.6. The van der Waals surface area contributed by atoms with E-state index in [2.05, 4.69) is 11.8 Å². The normalized spacial score (nSPS) is 20.2. The van der Waals surface area contributed by atoms with Gasteiger partial charge in [-0.3, -0.25) is 15.0 Å². The van der Waals surface area contributed by atoms with E-state index in [-0.39, 0.29) is 11.4 Å². The average Bonchev–Trinajstić information content (AvgIpc) is 2.76. The van der Waals surface area contributed by atoms with Crippen LogP contribution in [0.3, 0.4) is 0 Å². The standard InChI is InChI=1S/C13H19N3O2/c1-2-10-5-6-15(8-10)9-11-3-4-13(16(17)18)12(14)7-11/h3-4,7,10H,2,5-6,8-9,14H2,1H3. The number of benzene rings is 1. The molecule has 18 heavy (non-hydrogen) atoms. The fourth-order valence-corrected chi connectivity index (χ4v) is 2.52. The highest BCUT2D eigenvalue weighted by molar-refractivity contribution is 5.59. The van der Waals surface area contributed by atoms with Crippen molar-refractivity contribution in [1.82, 2.24) is 4.90 Å². The van der Waals surface area contributed by atoms with E-state index in [1.807, 2.05) is 0 Å². The Morgan fingerprint density at radius 2 is 2.33 bits per heavy atom. The maximum absolute atomic E-state index is 10.7. The second-order valence-electron chi connectivity index (χ2n) is 4.95. The molecule has 0 radical (unpaired) electrons. The van der Waals surface area contributed by atoms with Gasteiger partial charge in [-0.2, -0.15) is 0 Å². The van der Waals surface area contributed by atoms with Crippen LogP contribution in [0, 0.1) is 16.0 Å². The van der Waals surface area contributed by atoms with Gasteiger partial charge in [0.2, 0.25) is 0 Å². The molecule has 1 aromatic carbocycles. The lowest BCUT2D eigenvalue weighted by Crippen LogP contribution is -2.20. The van der Waals surface area contributed by atoms with Crippen molar-refractivity contribution in [1.29, 1.82) is 0 Å². The minimum absolute atomic E-state index is 0.00777. The molecule has 1 heterocycles. The molecule has 98 valence electrons. The van der Waals surface area contributed by atoms with E-state index in [1.54, 1.807) is 12.1 Å². The van der Waals surface area contributed by atoms with E-state index >= 15 is 0 Å². The van der Waals surface area contributed by atoms with Gasteiger partial charge in [0.25, 0.3) is 5.69 Å². The molecule has 1 saturated heterocycles. The Morgan fingerprint density at radius 1 is 1.56 bits per heavy atom. The minimum Gasteiger partial charge on any atom is -0.393 e. The molecule has 5 nitrogen and oxygen atoms in total. The van der Waals surface area contributed by atoms with Crippen LogP contribution in [0.25, 0.3) is 0 Å². The van der Waals surface area contributed by atoms with E-state index in [0.29, 0.717) is 0 Å². The molecule has 1 aliphatic rings. The highest BCUT2D eigenvalue weighted by Crippen LogP contribution is 2.25. The third kappa shape index (κ3) is 2.79. The third-order valence-corrected chi connectivity index (χ3v) is 3.64. The lowest BCUT2D eigenvalue weighted by Gasteiger charge is -2.15. The second kappa shape index (κ2) is 5.35. The van der Waals surface area contributed by atoms with Crippen LogP contribution in [0.1, 0.15) is 25.3 Å². The number of nitro benzene ring substituents is 1. The van der Waals surface area contributed by atoms with E-state index in [1.165, 1.54) is 18.9 Å². The van der Waals surface area contributed by atoms with Crippen LogP contribution in [-0.4, -0.2) is 22.9 Å². The third-order valence-electron chi connectivity index (χ3n) is 3.64. The molecule has 1 aliphatic heterocycles. The average molecular weight is 249 g/mol. The first-order valence-electron chi connectivity index (χ1n) is 6.35. The lowest BCUT2D eigenvalue weighted by molar-refractivity contribution is -0.383. The number of anilines is 1.